The Morgan fingerprint density at radius 2 is 2.25 bits per heavy atom. The summed E-state index contributed by atoms with van der Waals surface area (Å²) in [5, 5.41) is 8.99. The number of aliphatic carboxylic acids is 1. The summed E-state index contributed by atoms with van der Waals surface area (Å²) in [4.78, 5) is 24.5. The maximum atomic E-state index is 12.1. The van der Waals surface area contributed by atoms with Crippen molar-refractivity contribution >= 4 is 23.6 Å². The zero-order chi connectivity index (χ0) is 11.7. The van der Waals surface area contributed by atoms with Crippen molar-refractivity contribution in [2.24, 2.45) is 5.92 Å². The average Bonchev–Trinajstić information content (AvgIpc) is 2.84. The van der Waals surface area contributed by atoms with Crippen molar-refractivity contribution in [2.75, 3.05) is 18.2 Å². The van der Waals surface area contributed by atoms with Crippen LogP contribution in [0.15, 0.2) is 0 Å². The number of thioether (sulfide) groups is 1. The molecular weight excluding hydrogens is 230 g/mol. The van der Waals surface area contributed by atoms with Crippen molar-refractivity contribution in [3.63, 3.8) is 0 Å². The standard InChI is InChI=1S/C10H15NO4S/c1-6-2-7(3-15-6)9(12)11-5-16-4-8(11)10(13)14/h6-8H,2-5H2,1H3,(H,13,14)/t6?,7?,8-/m0/s1. The van der Waals surface area contributed by atoms with Crippen LogP contribution < -0.4 is 0 Å². The molecule has 0 aromatic rings. The number of hydrogen-bond donors (Lipinski definition) is 1. The number of carboxylic acids is 1. The first-order chi connectivity index (χ1) is 7.59. The van der Waals surface area contributed by atoms with Gasteiger partial charge in [-0.1, -0.05) is 0 Å². The molecule has 1 N–H and O–H groups in total. The van der Waals surface area contributed by atoms with Gasteiger partial charge in [-0.25, -0.2) is 4.79 Å². The van der Waals surface area contributed by atoms with Crippen molar-refractivity contribution in [1.29, 1.82) is 0 Å². The van der Waals surface area contributed by atoms with E-state index in [1.54, 1.807) is 0 Å². The quantitative estimate of drug-likeness (QED) is 0.762. The Kier molecular flexibility index (Phi) is 3.39. The highest BCUT2D eigenvalue weighted by Gasteiger charge is 2.39. The molecule has 0 aliphatic carbocycles. The van der Waals surface area contributed by atoms with Gasteiger partial charge in [-0.3, -0.25) is 4.79 Å². The van der Waals surface area contributed by atoms with Crippen LogP contribution in [0.2, 0.25) is 0 Å². The molecule has 0 aromatic carbocycles. The third kappa shape index (κ3) is 2.17. The minimum absolute atomic E-state index is 0.0678. The molecule has 0 bridgehead atoms. The van der Waals surface area contributed by atoms with Gasteiger partial charge >= 0.3 is 5.97 Å². The maximum absolute atomic E-state index is 12.1. The Bertz CT molecular complexity index is 309. The van der Waals surface area contributed by atoms with Crippen LogP contribution in [0.3, 0.4) is 0 Å². The molecule has 90 valence electrons. The lowest BCUT2D eigenvalue weighted by Gasteiger charge is -2.23. The molecule has 2 heterocycles. The Hall–Kier alpha value is -0.750. The van der Waals surface area contributed by atoms with Gasteiger partial charge in [0.15, 0.2) is 0 Å². The normalized spacial score (nSPS) is 34.3. The van der Waals surface area contributed by atoms with Gasteiger partial charge in [0, 0.05) is 5.75 Å². The van der Waals surface area contributed by atoms with Gasteiger partial charge in [0.1, 0.15) is 6.04 Å². The second-order valence-corrected chi connectivity index (χ2v) is 5.24. The summed E-state index contributed by atoms with van der Waals surface area (Å²) >= 11 is 1.49. The van der Waals surface area contributed by atoms with Crippen LogP contribution >= 0.6 is 11.8 Å². The zero-order valence-corrected chi connectivity index (χ0v) is 9.90. The molecule has 5 nitrogen and oxygen atoms in total. The fourth-order valence-corrected chi connectivity index (χ4v) is 3.24. The first-order valence-electron chi connectivity index (χ1n) is 5.32. The van der Waals surface area contributed by atoms with Gasteiger partial charge in [-0.2, -0.15) is 0 Å². The van der Waals surface area contributed by atoms with E-state index in [1.165, 1.54) is 16.7 Å². The largest absolute Gasteiger partial charge is 0.480 e. The molecular formula is C10H15NO4S. The van der Waals surface area contributed by atoms with Gasteiger partial charge < -0.3 is 14.7 Å². The molecule has 2 rings (SSSR count). The van der Waals surface area contributed by atoms with Crippen molar-refractivity contribution in [3.05, 3.63) is 0 Å². The minimum Gasteiger partial charge on any atom is -0.480 e. The Labute approximate surface area is 98.1 Å². The second-order valence-electron chi connectivity index (χ2n) is 4.24. The molecule has 2 unspecified atom stereocenters. The number of carbonyl (C=O) groups excluding carboxylic acids is 1. The smallest absolute Gasteiger partial charge is 0.327 e. The highest BCUT2D eigenvalue weighted by atomic mass is 32.2. The Balaban J connectivity index is 2.01. The first-order valence-corrected chi connectivity index (χ1v) is 6.47. The topological polar surface area (TPSA) is 66.8 Å². The van der Waals surface area contributed by atoms with Crippen LogP contribution in [0.25, 0.3) is 0 Å². The highest BCUT2D eigenvalue weighted by Crippen LogP contribution is 2.27. The molecule has 2 aliphatic rings. The molecule has 2 aliphatic heterocycles. The number of rotatable bonds is 2. The fourth-order valence-electron chi connectivity index (χ4n) is 2.09. The van der Waals surface area contributed by atoms with Crippen molar-refractivity contribution in [3.8, 4) is 0 Å². The molecule has 6 heteroatoms. The predicted octanol–water partition coefficient (Wildman–Crippen LogP) is 0.397. The predicted molar refractivity (Wildman–Crippen MR) is 59.1 cm³/mol. The summed E-state index contributed by atoms with van der Waals surface area (Å²) in [5.74, 6) is -0.159. The van der Waals surface area contributed by atoms with E-state index >= 15 is 0 Å². The molecule has 1 amide bonds. The lowest BCUT2D eigenvalue weighted by Crippen LogP contribution is -2.44. The lowest BCUT2D eigenvalue weighted by atomic mass is 10.0. The summed E-state index contributed by atoms with van der Waals surface area (Å²) in [6.07, 6.45) is 0.805. The highest BCUT2D eigenvalue weighted by molar-refractivity contribution is 7.99. The number of ether oxygens (including phenoxy) is 1. The molecule has 0 aromatic heterocycles. The van der Waals surface area contributed by atoms with Crippen molar-refractivity contribution < 1.29 is 19.4 Å². The monoisotopic (exact) mass is 245 g/mol. The van der Waals surface area contributed by atoms with Gasteiger partial charge in [0.2, 0.25) is 5.91 Å². The molecule has 2 fully saturated rings. The van der Waals surface area contributed by atoms with E-state index in [1.807, 2.05) is 6.92 Å². The number of carboxylic acid groups (broad SMARTS) is 1. The molecule has 2 saturated heterocycles. The second kappa shape index (κ2) is 4.63. The summed E-state index contributed by atoms with van der Waals surface area (Å²) in [7, 11) is 0. The number of carbonyl (C=O) groups is 2. The van der Waals surface area contributed by atoms with Crippen molar-refractivity contribution in [1.82, 2.24) is 4.90 Å². The van der Waals surface area contributed by atoms with Gasteiger partial charge in [0.25, 0.3) is 0 Å². The fraction of sp³-hybridized carbons (Fsp3) is 0.800. The lowest BCUT2D eigenvalue weighted by molar-refractivity contribution is -0.149. The van der Waals surface area contributed by atoms with Crippen LogP contribution in [0, 0.1) is 5.92 Å². The van der Waals surface area contributed by atoms with E-state index in [-0.39, 0.29) is 17.9 Å². The van der Waals surface area contributed by atoms with E-state index < -0.39 is 12.0 Å². The number of nitrogens with zero attached hydrogens (tertiary/aromatic N) is 1. The maximum Gasteiger partial charge on any atom is 0.327 e. The summed E-state index contributed by atoms with van der Waals surface area (Å²) in [6, 6.07) is -0.659. The minimum atomic E-state index is -0.912. The van der Waals surface area contributed by atoms with E-state index in [0.29, 0.717) is 24.7 Å². The molecule has 16 heavy (non-hydrogen) atoms. The molecule has 3 atom stereocenters. The number of hydrogen-bond acceptors (Lipinski definition) is 4. The van der Waals surface area contributed by atoms with Crippen LogP contribution in [-0.2, 0) is 14.3 Å². The molecule has 0 radical (unpaired) electrons. The van der Waals surface area contributed by atoms with E-state index in [0.717, 1.165) is 0 Å². The Morgan fingerprint density at radius 3 is 2.81 bits per heavy atom. The van der Waals surface area contributed by atoms with Gasteiger partial charge in [-0.15, -0.1) is 11.8 Å². The zero-order valence-electron chi connectivity index (χ0n) is 9.09. The van der Waals surface area contributed by atoms with E-state index in [4.69, 9.17) is 9.84 Å². The third-order valence-corrected chi connectivity index (χ3v) is 4.01. The van der Waals surface area contributed by atoms with E-state index in [2.05, 4.69) is 0 Å². The third-order valence-electron chi connectivity index (χ3n) is 3.00. The summed E-state index contributed by atoms with van der Waals surface area (Å²) < 4.78 is 5.34. The van der Waals surface area contributed by atoms with Crippen LogP contribution in [0.1, 0.15) is 13.3 Å². The van der Waals surface area contributed by atoms with Gasteiger partial charge in [-0.05, 0) is 13.3 Å². The summed E-state index contributed by atoms with van der Waals surface area (Å²) in [6.45, 7) is 2.36. The Morgan fingerprint density at radius 1 is 1.50 bits per heavy atom. The average molecular weight is 245 g/mol. The first kappa shape index (κ1) is 11.7. The van der Waals surface area contributed by atoms with Crippen molar-refractivity contribution in [2.45, 2.75) is 25.5 Å². The molecule has 0 spiro atoms. The number of amides is 1. The molecule has 0 saturated carbocycles. The SMILES string of the molecule is CC1CC(C(=O)N2CSC[C@H]2C(=O)O)CO1. The summed E-state index contributed by atoms with van der Waals surface area (Å²) in [5.41, 5.74) is 0. The van der Waals surface area contributed by atoms with Crippen LogP contribution in [-0.4, -0.2) is 52.3 Å². The van der Waals surface area contributed by atoms with Gasteiger partial charge in [0.05, 0.1) is 24.5 Å². The van der Waals surface area contributed by atoms with Crippen LogP contribution in [0.4, 0.5) is 0 Å². The van der Waals surface area contributed by atoms with E-state index in [9.17, 15) is 9.59 Å². The van der Waals surface area contributed by atoms with Crippen LogP contribution in [0.5, 0.6) is 0 Å².